The van der Waals surface area contributed by atoms with Crippen molar-refractivity contribution in [2.45, 2.75) is 25.5 Å². The van der Waals surface area contributed by atoms with Crippen LogP contribution in [0.3, 0.4) is 0 Å². The third kappa shape index (κ3) is 7.15. The Balaban J connectivity index is 1.63. The smallest absolute Gasteiger partial charge is 0.326 e. The van der Waals surface area contributed by atoms with E-state index >= 15 is 0 Å². The van der Waals surface area contributed by atoms with Gasteiger partial charge in [0, 0.05) is 12.0 Å². The van der Waals surface area contributed by atoms with E-state index in [2.05, 4.69) is 10.6 Å². The number of carbonyl (C=O) groups is 4. The summed E-state index contributed by atoms with van der Waals surface area (Å²) in [4.78, 5) is 46.8. The first-order valence-electron chi connectivity index (χ1n) is 10.0. The molecule has 2 amide bonds. The minimum Gasteiger partial charge on any atom is -0.489 e. The first-order valence-corrected chi connectivity index (χ1v) is 11.3. The summed E-state index contributed by atoms with van der Waals surface area (Å²) >= 11 is 6.17. The molecule has 11 heteroatoms. The van der Waals surface area contributed by atoms with Crippen LogP contribution in [0, 0.1) is 0 Å². The van der Waals surface area contributed by atoms with Crippen molar-refractivity contribution in [3.05, 3.63) is 70.1 Å². The highest BCUT2D eigenvalue weighted by Crippen LogP contribution is 2.27. The van der Waals surface area contributed by atoms with E-state index < -0.39 is 23.9 Å². The summed E-state index contributed by atoms with van der Waals surface area (Å²) in [5.74, 6) is -2.77. The normalized spacial score (nSPS) is 15.0. The van der Waals surface area contributed by atoms with E-state index in [4.69, 9.17) is 22.1 Å². The lowest BCUT2D eigenvalue weighted by molar-refractivity contribution is -0.140. The van der Waals surface area contributed by atoms with Crippen LogP contribution >= 0.6 is 24.0 Å². The number of hydrogen-bond acceptors (Lipinski definition) is 7. The number of rotatable bonds is 10. The van der Waals surface area contributed by atoms with Gasteiger partial charge in [-0.1, -0.05) is 48.2 Å². The molecule has 0 unspecified atom stereocenters. The SMILES string of the molecule is O=C(O)CC[C@@H](NC(=O)c1cccc(COc2cccc(/C=C3\SC(=S)NC3=O)c2)c1)C(=O)O. The minimum atomic E-state index is -1.31. The molecule has 0 aliphatic carbocycles. The number of amides is 2. The Kier molecular flexibility index (Phi) is 8.39. The highest BCUT2D eigenvalue weighted by atomic mass is 32.2. The monoisotopic (exact) mass is 500 g/mol. The molecular formula is C23H20N2O7S2. The number of carbonyl (C=O) groups excluding carboxylic acids is 2. The van der Waals surface area contributed by atoms with Crippen LogP contribution < -0.4 is 15.4 Å². The van der Waals surface area contributed by atoms with Crippen molar-refractivity contribution in [1.82, 2.24) is 10.6 Å². The highest BCUT2D eigenvalue weighted by molar-refractivity contribution is 8.26. The Hall–Kier alpha value is -3.70. The number of nitrogens with one attached hydrogen (secondary N) is 2. The zero-order valence-electron chi connectivity index (χ0n) is 17.6. The summed E-state index contributed by atoms with van der Waals surface area (Å²) in [6, 6.07) is 12.3. The molecule has 1 atom stereocenters. The van der Waals surface area contributed by atoms with E-state index in [0.717, 1.165) is 5.56 Å². The van der Waals surface area contributed by atoms with E-state index in [0.29, 0.717) is 20.5 Å². The molecular weight excluding hydrogens is 480 g/mol. The zero-order valence-corrected chi connectivity index (χ0v) is 19.3. The zero-order chi connectivity index (χ0) is 24.7. The summed E-state index contributed by atoms with van der Waals surface area (Å²) in [7, 11) is 0. The molecule has 34 heavy (non-hydrogen) atoms. The number of benzene rings is 2. The Morgan fingerprint density at radius 3 is 2.59 bits per heavy atom. The van der Waals surface area contributed by atoms with Crippen molar-refractivity contribution >= 4 is 58.1 Å². The fraction of sp³-hybridized carbons (Fsp3) is 0.174. The van der Waals surface area contributed by atoms with Gasteiger partial charge in [0.2, 0.25) is 0 Å². The van der Waals surface area contributed by atoms with Gasteiger partial charge in [0.25, 0.3) is 11.8 Å². The largest absolute Gasteiger partial charge is 0.489 e. The lowest BCUT2D eigenvalue weighted by Crippen LogP contribution is -2.41. The maximum atomic E-state index is 12.5. The number of carboxylic acids is 2. The molecule has 0 aromatic heterocycles. The van der Waals surface area contributed by atoms with Crippen LogP contribution in [-0.4, -0.2) is 44.3 Å². The summed E-state index contributed by atoms with van der Waals surface area (Å²) in [6.45, 7) is 0.141. The van der Waals surface area contributed by atoms with Gasteiger partial charge in [0.15, 0.2) is 0 Å². The van der Waals surface area contributed by atoms with Crippen molar-refractivity contribution in [1.29, 1.82) is 0 Å². The van der Waals surface area contributed by atoms with Gasteiger partial charge in [-0.2, -0.15) is 0 Å². The standard InChI is InChI=1S/C23H20N2O7S2/c26-19(27)8-7-17(22(30)31)24-20(28)15-5-1-4-14(9-15)12-32-16-6-2-3-13(10-16)11-18-21(29)25-23(33)34-18/h1-6,9-11,17H,7-8,12H2,(H,24,28)(H,26,27)(H,30,31)(H,25,29,33)/b18-11-/t17-/m1/s1. The van der Waals surface area contributed by atoms with Crippen molar-refractivity contribution in [3.63, 3.8) is 0 Å². The van der Waals surface area contributed by atoms with Gasteiger partial charge in [-0.25, -0.2) is 4.79 Å². The molecule has 0 saturated carbocycles. The fourth-order valence-corrected chi connectivity index (χ4v) is 4.05. The third-order valence-electron chi connectivity index (χ3n) is 4.64. The first-order chi connectivity index (χ1) is 16.2. The van der Waals surface area contributed by atoms with Crippen LogP contribution in [0.2, 0.25) is 0 Å². The van der Waals surface area contributed by atoms with Crippen LogP contribution in [-0.2, 0) is 21.0 Å². The molecule has 1 aliphatic heterocycles. The van der Waals surface area contributed by atoms with Gasteiger partial charge in [-0.05, 0) is 47.9 Å². The van der Waals surface area contributed by atoms with Crippen molar-refractivity contribution in [2.24, 2.45) is 0 Å². The molecule has 176 valence electrons. The first kappa shape index (κ1) is 24.9. The fourth-order valence-electron chi connectivity index (χ4n) is 3.00. The van der Waals surface area contributed by atoms with Crippen LogP contribution in [0.25, 0.3) is 6.08 Å². The van der Waals surface area contributed by atoms with Crippen LogP contribution in [0.4, 0.5) is 0 Å². The summed E-state index contributed by atoms with van der Waals surface area (Å²) in [5, 5.41) is 22.9. The third-order valence-corrected chi connectivity index (χ3v) is 5.81. The maximum absolute atomic E-state index is 12.5. The molecule has 1 saturated heterocycles. The van der Waals surface area contributed by atoms with Gasteiger partial charge < -0.3 is 25.6 Å². The van der Waals surface area contributed by atoms with Crippen molar-refractivity contribution in [2.75, 3.05) is 0 Å². The topological polar surface area (TPSA) is 142 Å². The van der Waals surface area contributed by atoms with Gasteiger partial charge in [-0.3, -0.25) is 14.4 Å². The molecule has 2 aromatic carbocycles. The van der Waals surface area contributed by atoms with Crippen LogP contribution in [0.5, 0.6) is 5.75 Å². The predicted octanol–water partition coefficient (Wildman–Crippen LogP) is 2.80. The van der Waals surface area contributed by atoms with E-state index in [1.165, 1.54) is 17.8 Å². The van der Waals surface area contributed by atoms with Crippen LogP contribution in [0.1, 0.15) is 34.3 Å². The van der Waals surface area contributed by atoms with Crippen LogP contribution in [0.15, 0.2) is 53.4 Å². The molecule has 2 aromatic rings. The number of thiocarbonyl (C=S) groups is 1. The van der Waals surface area contributed by atoms with Gasteiger partial charge >= 0.3 is 11.9 Å². The lowest BCUT2D eigenvalue weighted by atomic mass is 10.1. The molecule has 4 N–H and O–H groups in total. The lowest BCUT2D eigenvalue weighted by Gasteiger charge is -2.14. The molecule has 1 aliphatic rings. The van der Waals surface area contributed by atoms with E-state index in [1.807, 2.05) is 6.07 Å². The van der Waals surface area contributed by atoms with Gasteiger partial charge in [-0.15, -0.1) is 0 Å². The summed E-state index contributed by atoms with van der Waals surface area (Å²) < 4.78 is 6.22. The highest BCUT2D eigenvalue weighted by Gasteiger charge is 2.22. The number of aliphatic carboxylic acids is 2. The second-order valence-corrected chi connectivity index (χ2v) is 8.93. The second kappa shape index (κ2) is 11.4. The number of carboxylic acid groups (broad SMARTS) is 2. The van der Waals surface area contributed by atoms with E-state index in [-0.39, 0.29) is 30.9 Å². The molecule has 3 rings (SSSR count). The number of ether oxygens (including phenoxy) is 1. The molecule has 0 spiro atoms. The average molecular weight is 501 g/mol. The number of thioether (sulfide) groups is 1. The van der Waals surface area contributed by atoms with Gasteiger partial charge in [0.1, 0.15) is 22.7 Å². The second-order valence-electron chi connectivity index (χ2n) is 7.21. The molecule has 9 nitrogen and oxygen atoms in total. The molecule has 1 fully saturated rings. The van der Waals surface area contributed by atoms with Crippen molar-refractivity contribution < 1.29 is 34.1 Å². The predicted molar refractivity (Wildman–Crippen MR) is 129 cm³/mol. The number of hydrogen-bond donors (Lipinski definition) is 4. The van der Waals surface area contributed by atoms with E-state index in [9.17, 15) is 24.3 Å². The van der Waals surface area contributed by atoms with Gasteiger partial charge in [0.05, 0.1) is 4.91 Å². The summed E-state index contributed by atoms with van der Waals surface area (Å²) in [6.07, 6.45) is 1.11. The Bertz CT molecular complexity index is 1180. The molecule has 0 bridgehead atoms. The maximum Gasteiger partial charge on any atom is 0.326 e. The molecule has 0 radical (unpaired) electrons. The summed E-state index contributed by atoms with van der Waals surface area (Å²) in [5.41, 5.74) is 1.65. The quantitative estimate of drug-likeness (QED) is 0.286. The van der Waals surface area contributed by atoms with E-state index in [1.54, 1.807) is 42.5 Å². The molecule has 1 heterocycles. The Morgan fingerprint density at radius 1 is 1.15 bits per heavy atom. The minimum absolute atomic E-state index is 0.141. The Labute approximate surface area is 204 Å². The van der Waals surface area contributed by atoms with Crippen molar-refractivity contribution in [3.8, 4) is 5.75 Å². The Morgan fingerprint density at radius 2 is 1.91 bits per heavy atom. The average Bonchev–Trinajstić information content (AvgIpc) is 3.11.